The van der Waals surface area contributed by atoms with Gasteiger partial charge >= 0.3 is 5.97 Å². The lowest BCUT2D eigenvalue weighted by Gasteiger charge is -2.08. The Kier molecular flexibility index (Phi) is 3.51. The summed E-state index contributed by atoms with van der Waals surface area (Å²) >= 11 is 7.41. The fourth-order valence-electron chi connectivity index (χ4n) is 2.20. The number of cyclic esters (lactones) is 1. The number of methoxy groups -OCH3 is 1. The SMILES string of the molecule is COc1ccccc1C1=C(c2ccc(Cl)s2)COC1=O. The molecule has 1 aliphatic rings. The predicted molar refractivity (Wildman–Crippen MR) is 80.1 cm³/mol. The highest BCUT2D eigenvalue weighted by molar-refractivity contribution is 7.17. The molecular weight excluding hydrogens is 296 g/mol. The third-order valence-electron chi connectivity index (χ3n) is 3.10. The lowest BCUT2D eigenvalue weighted by Crippen LogP contribution is -2.00. The van der Waals surface area contributed by atoms with Crippen LogP contribution in [-0.4, -0.2) is 19.7 Å². The van der Waals surface area contributed by atoms with Crippen LogP contribution in [-0.2, 0) is 9.53 Å². The first kappa shape index (κ1) is 13.2. The highest BCUT2D eigenvalue weighted by Crippen LogP contribution is 2.39. The van der Waals surface area contributed by atoms with Crippen LogP contribution in [0.3, 0.4) is 0 Å². The molecule has 3 nitrogen and oxygen atoms in total. The third-order valence-corrected chi connectivity index (χ3v) is 4.39. The Labute approximate surface area is 125 Å². The summed E-state index contributed by atoms with van der Waals surface area (Å²) in [5.41, 5.74) is 2.16. The molecular formula is C15H11ClO3S. The highest BCUT2D eigenvalue weighted by atomic mass is 35.5. The summed E-state index contributed by atoms with van der Waals surface area (Å²) in [6, 6.07) is 11.1. The Hall–Kier alpha value is -1.78. The fraction of sp³-hybridized carbons (Fsp3) is 0.133. The van der Waals surface area contributed by atoms with Crippen LogP contribution in [0.15, 0.2) is 36.4 Å². The van der Waals surface area contributed by atoms with Crippen molar-refractivity contribution < 1.29 is 14.3 Å². The molecule has 3 rings (SSSR count). The van der Waals surface area contributed by atoms with Gasteiger partial charge in [0.2, 0.25) is 0 Å². The van der Waals surface area contributed by atoms with Gasteiger partial charge in [-0.25, -0.2) is 4.79 Å². The van der Waals surface area contributed by atoms with Gasteiger partial charge in [0.25, 0.3) is 0 Å². The minimum atomic E-state index is -0.325. The first-order chi connectivity index (χ1) is 9.70. The van der Waals surface area contributed by atoms with Gasteiger partial charge in [0.15, 0.2) is 0 Å². The number of carbonyl (C=O) groups is 1. The van der Waals surface area contributed by atoms with E-state index in [1.807, 2.05) is 36.4 Å². The van der Waals surface area contributed by atoms with Gasteiger partial charge in [0.1, 0.15) is 12.4 Å². The standard InChI is InChI=1S/C15H11ClO3S/c1-18-11-5-3-2-4-9(11)14-10(8-19-15(14)17)12-6-7-13(16)20-12/h2-7H,8H2,1H3. The Morgan fingerprint density at radius 2 is 2.05 bits per heavy atom. The van der Waals surface area contributed by atoms with Crippen molar-refractivity contribution >= 4 is 40.1 Å². The zero-order valence-electron chi connectivity index (χ0n) is 10.7. The van der Waals surface area contributed by atoms with Crippen LogP contribution >= 0.6 is 22.9 Å². The maximum atomic E-state index is 12.1. The van der Waals surface area contributed by atoms with E-state index in [9.17, 15) is 4.79 Å². The Balaban J connectivity index is 2.19. The molecule has 2 heterocycles. The molecule has 0 N–H and O–H groups in total. The predicted octanol–water partition coefficient (Wildman–Crippen LogP) is 3.88. The maximum absolute atomic E-state index is 12.1. The van der Waals surface area contributed by atoms with Gasteiger partial charge in [-0.05, 0) is 18.2 Å². The van der Waals surface area contributed by atoms with Crippen LogP contribution in [0, 0.1) is 0 Å². The molecule has 0 spiro atoms. The molecule has 0 atom stereocenters. The van der Waals surface area contributed by atoms with Crippen molar-refractivity contribution in [3.05, 3.63) is 51.2 Å². The molecule has 0 fully saturated rings. The molecule has 0 saturated carbocycles. The van der Waals surface area contributed by atoms with E-state index in [2.05, 4.69) is 0 Å². The van der Waals surface area contributed by atoms with Gasteiger partial charge in [0.05, 0.1) is 17.0 Å². The van der Waals surface area contributed by atoms with Crippen LogP contribution in [0.5, 0.6) is 5.75 Å². The molecule has 0 unspecified atom stereocenters. The lowest BCUT2D eigenvalue weighted by atomic mass is 10.00. The zero-order valence-corrected chi connectivity index (χ0v) is 12.3. The van der Waals surface area contributed by atoms with Crippen LogP contribution in [0.25, 0.3) is 11.1 Å². The van der Waals surface area contributed by atoms with Crippen LogP contribution in [0.1, 0.15) is 10.4 Å². The van der Waals surface area contributed by atoms with E-state index in [0.717, 1.165) is 16.0 Å². The first-order valence-electron chi connectivity index (χ1n) is 6.00. The van der Waals surface area contributed by atoms with Crippen LogP contribution < -0.4 is 4.74 Å². The number of hydrogen-bond donors (Lipinski definition) is 0. The van der Waals surface area contributed by atoms with Gasteiger partial charge in [-0.3, -0.25) is 0 Å². The molecule has 20 heavy (non-hydrogen) atoms. The monoisotopic (exact) mass is 306 g/mol. The number of para-hydroxylation sites is 1. The van der Waals surface area contributed by atoms with Crippen molar-refractivity contribution in [1.29, 1.82) is 0 Å². The van der Waals surface area contributed by atoms with Gasteiger partial charge < -0.3 is 9.47 Å². The van der Waals surface area contributed by atoms with Crippen molar-refractivity contribution in [2.24, 2.45) is 0 Å². The summed E-state index contributed by atoms with van der Waals surface area (Å²) < 4.78 is 11.2. The number of thiophene rings is 1. The summed E-state index contributed by atoms with van der Waals surface area (Å²) in [5.74, 6) is 0.329. The number of ether oxygens (including phenoxy) is 2. The van der Waals surface area contributed by atoms with Crippen molar-refractivity contribution in [2.75, 3.05) is 13.7 Å². The average Bonchev–Trinajstić information content (AvgIpc) is 3.04. The highest BCUT2D eigenvalue weighted by Gasteiger charge is 2.29. The molecule has 5 heteroatoms. The average molecular weight is 307 g/mol. The van der Waals surface area contributed by atoms with E-state index in [-0.39, 0.29) is 12.6 Å². The van der Waals surface area contributed by atoms with E-state index in [4.69, 9.17) is 21.1 Å². The molecule has 1 aliphatic heterocycles. The van der Waals surface area contributed by atoms with Crippen LogP contribution in [0.4, 0.5) is 0 Å². The minimum Gasteiger partial charge on any atom is -0.496 e. The lowest BCUT2D eigenvalue weighted by molar-refractivity contribution is -0.133. The molecule has 0 amide bonds. The molecule has 0 saturated heterocycles. The maximum Gasteiger partial charge on any atom is 0.339 e. The number of benzene rings is 1. The summed E-state index contributed by atoms with van der Waals surface area (Å²) in [5, 5.41) is 0. The number of esters is 1. The van der Waals surface area contributed by atoms with Crippen LogP contribution in [0.2, 0.25) is 4.34 Å². The first-order valence-corrected chi connectivity index (χ1v) is 7.19. The Morgan fingerprint density at radius 3 is 2.75 bits per heavy atom. The zero-order chi connectivity index (χ0) is 14.1. The fourth-order valence-corrected chi connectivity index (χ4v) is 3.28. The molecule has 2 aromatic rings. The Bertz CT molecular complexity index is 703. The molecule has 0 radical (unpaired) electrons. The normalized spacial score (nSPS) is 14.6. The van der Waals surface area contributed by atoms with E-state index in [1.54, 1.807) is 7.11 Å². The molecule has 1 aromatic carbocycles. The second-order valence-corrected chi connectivity index (χ2v) is 5.95. The second kappa shape index (κ2) is 5.31. The van der Waals surface area contributed by atoms with E-state index in [1.165, 1.54) is 11.3 Å². The summed E-state index contributed by atoms with van der Waals surface area (Å²) in [7, 11) is 1.58. The van der Waals surface area contributed by atoms with Gasteiger partial charge in [-0.15, -0.1) is 11.3 Å². The minimum absolute atomic E-state index is 0.267. The number of rotatable bonds is 3. The molecule has 102 valence electrons. The van der Waals surface area contributed by atoms with E-state index >= 15 is 0 Å². The topological polar surface area (TPSA) is 35.5 Å². The summed E-state index contributed by atoms with van der Waals surface area (Å²) in [6.07, 6.45) is 0. The number of halogens is 1. The molecule has 1 aromatic heterocycles. The summed E-state index contributed by atoms with van der Waals surface area (Å²) in [4.78, 5) is 13.0. The smallest absolute Gasteiger partial charge is 0.339 e. The summed E-state index contributed by atoms with van der Waals surface area (Å²) in [6.45, 7) is 0.267. The van der Waals surface area contributed by atoms with E-state index < -0.39 is 0 Å². The Morgan fingerprint density at radius 1 is 1.25 bits per heavy atom. The van der Waals surface area contributed by atoms with Crippen molar-refractivity contribution in [3.8, 4) is 5.75 Å². The quantitative estimate of drug-likeness (QED) is 0.807. The van der Waals surface area contributed by atoms with Crippen molar-refractivity contribution in [3.63, 3.8) is 0 Å². The molecule has 0 bridgehead atoms. The van der Waals surface area contributed by atoms with Gasteiger partial charge in [-0.1, -0.05) is 29.8 Å². The van der Waals surface area contributed by atoms with Gasteiger partial charge in [-0.2, -0.15) is 0 Å². The number of carbonyl (C=O) groups excluding carboxylic acids is 1. The van der Waals surface area contributed by atoms with Crippen molar-refractivity contribution in [1.82, 2.24) is 0 Å². The largest absolute Gasteiger partial charge is 0.496 e. The second-order valence-electron chi connectivity index (χ2n) is 4.23. The van der Waals surface area contributed by atoms with Gasteiger partial charge in [0, 0.05) is 16.0 Å². The third kappa shape index (κ3) is 2.21. The molecule has 0 aliphatic carbocycles. The van der Waals surface area contributed by atoms with Crippen molar-refractivity contribution in [2.45, 2.75) is 0 Å². The van der Waals surface area contributed by atoms with E-state index in [0.29, 0.717) is 15.7 Å². The number of hydrogen-bond acceptors (Lipinski definition) is 4.